The van der Waals surface area contributed by atoms with Gasteiger partial charge in [0, 0.05) is 11.8 Å². The molecule has 2 aromatic carbocycles. The molecule has 23 heavy (non-hydrogen) atoms. The van der Waals surface area contributed by atoms with Crippen molar-refractivity contribution in [2.45, 2.75) is 20.8 Å². The third kappa shape index (κ3) is 3.12. The number of aliphatic imine (C=N–C) groups is 1. The second-order valence-electron chi connectivity index (χ2n) is 5.16. The highest BCUT2D eigenvalue weighted by molar-refractivity contribution is 6.33. The highest BCUT2D eigenvalue weighted by atomic mass is 35.5. The van der Waals surface area contributed by atoms with Crippen LogP contribution in [0.1, 0.15) is 22.3 Å². The number of nitrogens with zero attached hydrogens (tertiary/aromatic N) is 2. The van der Waals surface area contributed by atoms with Crippen LogP contribution in [0.5, 0.6) is 11.5 Å². The second kappa shape index (κ2) is 6.26. The van der Waals surface area contributed by atoms with Crippen LogP contribution in [0.3, 0.4) is 0 Å². The van der Waals surface area contributed by atoms with Crippen molar-refractivity contribution in [3.63, 3.8) is 0 Å². The van der Waals surface area contributed by atoms with E-state index in [2.05, 4.69) is 4.99 Å². The molecule has 7 heteroatoms. The maximum Gasteiger partial charge on any atom is 0.266 e. The van der Waals surface area contributed by atoms with Crippen molar-refractivity contribution in [3.05, 3.63) is 55.6 Å². The van der Waals surface area contributed by atoms with E-state index >= 15 is 0 Å². The fraction of sp³-hybridized carbons (Fsp3) is 0.188. The van der Waals surface area contributed by atoms with Gasteiger partial charge in [0.2, 0.25) is 0 Å². The lowest BCUT2D eigenvalue weighted by Crippen LogP contribution is -2.07. The van der Waals surface area contributed by atoms with Gasteiger partial charge in [-0.1, -0.05) is 17.7 Å². The molecule has 2 rings (SSSR count). The molecule has 0 aliphatic heterocycles. The summed E-state index contributed by atoms with van der Waals surface area (Å²) in [6.45, 7) is 4.84. The summed E-state index contributed by atoms with van der Waals surface area (Å²) in [6.07, 6.45) is 1.19. The highest BCUT2D eigenvalue weighted by Gasteiger charge is 2.20. The molecule has 6 nitrogen and oxygen atoms in total. The maximum absolute atomic E-state index is 12.3. The first kappa shape index (κ1) is 16.8. The van der Waals surface area contributed by atoms with Crippen LogP contribution in [-0.2, 0) is 0 Å². The van der Waals surface area contributed by atoms with Crippen LogP contribution < -0.4 is 5.11 Å². The first-order valence-electron chi connectivity index (χ1n) is 6.71. The highest BCUT2D eigenvalue weighted by Crippen LogP contribution is 2.38. The normalized spacial score (nSPS) is 11.1. The summed E-state index contributed by atoms with van der Waals surface area (Å²) in [6, 6.07) is 4.87. The number of halogens is 1. The molecular weight excluding hydrogens is 320 g/mol. The van der Waals surface area contributed by atoms with Crippen molar-refractivity contribution >= 4 is 29.2 Å². The summed E-state index contributed by atoms with van der Waals surface area (Å²) in [7, 11) is 0. The molecule has 0 bridgehead atoms. The minimum Gasteiger partial charge on any atom is -0.867 e. The number of phenolic OH excluding ortho intramolecular Hbond substituents is 1. The van der Waals surface area contributed by atoms with Crippen molar-refractivity contribution in [2.75, 3.05) is 0 Å². The lowest BCUT2D eigenvalue weighted by Gasteiger charge is -2.17. The van der Waals surface area contributed by atoms with E-state index in [9.17, 15) is 20.3 Å². The number of phenols is 1. The fourth-order valence-electron chi connectivity index (χ4n) is 2.22. The van der Waals surface area contributed by atoms with E-state index in [0.29, 0.717) is 5.56 Å². The van der Waals surface area contributed by atoms with Crippen molar-refractivity contribution in [1.29, 1.82) is 0 Å². The van der Waals surface area contributed by atoms with E-state index in [1.165, 1.54) is 19.2 Å². The second-order valence-corrected chi connectivity index (χ2v) is 5.54. The van der Waals surface area contributed by atoms with Crippen molar-refractivity contribution in [3.8, 4) is 11.5 Å². The molecule has 0 spiro atoms. The van der Waals surface area contributed by atoms with Crippen LogP contribution in [0.4, 0.5) is 11.4 Å². The van der Waals surface area contributed by atoms with Crippen LogP contribution >= 0.6 is 11.6 Å². The zero-order chi connectivity index (χ0) is 17.3. The summed E-state index contributed by atoms with van der Waals surface area (Å²) >= 11 is 6.08. The van der Waals surface area contributed by atoms with Crippen LogP contribution in [-0.4, -0.2) is 16.2 Å². The van der Waals surface area contributed by atoms with E-state index in [1.807, 2.05) is 6.92 Å². The van der Waals surface area contributed by atoms with Crippen LogP contribution in [0.25, 0.3) is 0 Å². The number of hydrogen-bond donors (Lipinski definition) is 1. The van der Waals surface area contributed by atoms with Gasteiger partial charge in [0.05, 0.1) is 9.95 Å². The summed E-state index contributed by atoms with van der Waals surface area (Å²) in [5.74, 6) is -0.788. The molecular formula is C16H14ClN2O4-. The van der Waals surface area contributed by atoms with Crippen LogP contribution in [0.2, 0.25) is 5.02 Å². The molecule has 0 saturated carbocycles. The molecule has 2 aromatic rings. The standard InChI is InChI=1S/C16H15ClN2O4/c1-8-4-5-12(13(20)6-8)18-7-11-9(2)14(17)10(3)15(16(11)21)19(22)23/h4-7,20-21H,1-3H3/p-1. The van der Waals surface area contributed by atoms with Gasteiger partial charge in [-0.25, -0.2) is 0 Å². The first-order valence-corrected chi connectivity index (χ1v) is 7.09. The molecule has 0 unspecified atom stereocenters. The Hall–Kier alpha value is -2.60. The Morgan fingerprint density at radius 3 is 2.48 bits per heavy atom. The van der Waals surface area contributed by atoms with E-state index in [4.69, 9.17) is 11.6 Å². The lowest BCUT2D eigenvalue weighted by atomic mass is 10.0. The van der Waals surface area contributed by atoms with Gasteiger partial charge >= 0.3 is 0 Å². The van der Waals surface area contributed by atoms with Crippen molar-refractivity contribution in [1.82, 2.24) is 0 Å². The Balaban J connectivity index is 2.60. The summed E-state index contributed by atoms with van der Waals surface area (Å²) in [4.78, 5) is 14.4. The predicted molar refractivity (Wildman–Crippen MR) is 87.1 cm³/mol. The van der Waals surface area contributed by atoms with E-state index in [0.717, 1.165) is 5.56 Å². The number of aryl methyl sites for hydroxylation is 1. The molecule has 0 heterocycles. The van der Waals surface area contributed by atoms with Gasteiger partial charge in [-0.3, -0.25) is 15.1 Å². The molecule has 1 N–H and O–H groups in total. The van der Waals surface area contributed by atoms with Gasteiger partial charge in [-0.05, 0) is 55.3 Å². The van der Waals surface area contributed by atoms with E-state index in [1.54, 1.807) is 19.1 Å². The topological polar surface area (TPSA) is 98.8 Å². The van der Waals surface area contributed by atoms with Gasteiger partial charge in [-0.2, -0.15) is 0 Å². The SMILES string of the molecule is Cc1ccc(N=Cc2c(C)c(Cl)c(C)c([N+](=O)[O-])c2[O-])c(O)c1. The predicted octanol–water partition coefficient (Wildman–Crippen LogP) is 3.70. The molecule has 0 saturated heterocycles. The minimum absolute atomic E-state index is 0.0345. The van der Waals surface area contributed by atoms with Crippen molar-refractivity contribution in [2.24, 2.45) is 4.99 Å². The summed E-state index contributed by atoms with van der Waals surface area (Å²) in [5.41, 5.74) is 1.14. The number of benzene rings is 2. The number of aromatic hydroxyl groups is 1. The largest absolute Gasteiger partial charge is 0.867 e. The third-order valence-corrected chi connectivity index (χ3v) is 4.09. The zero-order valence-corrected chi connectivity index (χ0v) is 13.5. The Labute approximate surface area is 137 Å². The zero-order valence-electron chi connectivity index (χ0n) is 12.8. The number of rotatable bonds is 3. The number of hydrogen-bond acceptors (Lipinski definition) is 5. The number of nitro groups is 1. The Morgan fingerprint density at radius 2 is 1.91 bits per heavy atom. The third-order valence-electron chi connectivity index (χ3n) is 3.52. The average Bonchev–Trinajstić information content (AvgIpc) is 2.46. The van der Waals surface area contributed by atoms with Gasteiger partial charge < -0.3 is 10.2 Å². The van der Waals surface area contributed by atoms with Gasteiger partial charge in [0.1, 0.15) is 11.4 Å². The molecule has 120 valence electrons. The summed E-state index contributed by atoms with van der Waals surface area (Å²) < 4.78 is 0. The fourth-order valence-corrected chi connectivity index (χ4v) is 2.41. The summed E-state index contributed by atoms with van der Waals surface area (Å²) in [5, 5.41) is 33.4. The van der Waals surface area contributed by atoms with Gasteiger partial charge in [0.25, 0.3) is 5.69 Å². The van der Waals surface area contributed by atoms with Gasteiger partial charge in [-0.15, -0.1) is 0 Å². The molecule has 0 amide bonds. The molecule has 0 aliphatic rings. The average molecular weight is 334 g/mol. The number of nitro benzene ring substituents is 1. The molecule has 0 radical (unpaired) electrons. The molecule has 0 aliphatic carbocycles. The van der Waals surface area contributed by atoms with Crippen LogP contribution in [0.15, 0.2) is 23.2 Å². The molecule has 0 atom stereocenters. The van der Waals surface area contributed by atoms with Crippen molar-refractivity contribution < 1.29 is 15.1 Å². The lowest BCUT2D eigenvalue weighted by molar-refractivity contribution is -0.398. The van der Waals surface area contributed by atoms with E-state index in [-0.39, 0.29) is 27.6 Å². The minimum atomic E-state index is -0.746. The quantitative estimate of drug-likeness (QED) is 0.526. The molecule has 0 aromatic heterocycles. The Bertz CT molecular complexity index is 832. The molecule has 0 fully saturated rings. The first-order chi connectivity index (χ1) is 10.7. The smallest absolute Gasteiger partial charge is 0.266 e. The monoisotopic (exact) mass is 333 g/mol. The van der Waals surface area contributed by atoms with Gasteiger partial charge in [0.15, 0.2) is 0 Å². The Kier molecular flexibility index (Phi) is 4.56. The van der Waals surface area contributed by atoms with E-state index < -0.39 is 16.4 Å². The Morgan fingerprint density at radius 1 is 1.26 bits per heavy atom. The maximum atomic E-state index is 12.3. The van der Waals surface area contributed by atoms with Crippen LogP contribution in [0, 0.1) is 30.9 Å².